The quantitative estimate of drug-likeness (QED) is 0.240. The number of nitrogens with one attached hydrogen (secondary N) is 2. The summed E-state index contributed by atoms with van der Waals surface area (Å²) >= 11 is 12.9. The molecule has 2 aromatic heterocycles. The Kier molecular flexibility index (Phi) is 6.26. The number of carbonyl (C=O) groups is 1. The highest BCUT2D eigenvalue weighted by Gasteiger charge is 2.38. The summed E-state index contributed by atoms with van der Waals surface area (Å²) in [6.07, 6.45) is 1.64. The number of aryl methyl sites for hydroxylation is 1. The average molecular weight is 546 g/mol. The van der Waals surface area contributed by atoms with Crippen LogP contribution in [0.25, 0.3) is 33.1 Å². The number of aromatic amines is 1. The molecular weight excluding hydrogens is 521 g/mol. The first kappa shape index (κ1) is 24.7. The van der Waals surface area contributed by atoms with E-state index in [-0.39, 0.29) is 12.5 Å². The lowest BCUT2D eigenvalue weighted by atomic mass is 9.80. The minimum absolute atomic E-state index is 0.221. The molecule has 0 saturated heterocycles. The highest BCUT2D eigenvalue weighted by atomic mass is 35.5. The molecule has 1 aliphatic rings. The number of hydrogen-bond donors (Lipinski definition) is 3. The van der Waals surface area contributed by atoms with Crippen molar-refractivity contribution in [1.29, 1.82) is 0 Å². The number of halogens is 2. The third kappa shape index (κ3) is 4.19. The van der Waals surface area contributed by atoms with Gasteiger partial charge in [-0.1, -0.05) is 53.5 Å². The van der Waals surface area contributed by atoms with Crippen molar-refractivity contribution in [3.05, 3.63) is 93.6 Å². The van der Waals surface area contributed by atoms with Crippen molar-refractivity contribution in [3.63, 3.8) is 0 Å². The van der Waals surface area contributed by atoms with E-state index in [0.29, 0.717) is 57.2 Å². The van der Waals surface area contributed by atoms with Crippen LogP contribution in [0.15, 0.2) is 66.7 Å². The Balaban J connectivity index is 1.42. The third-order valence-corrected chi connectivity index (χ3v) is 8.23. The zero-order valence-electron chi connectivity index (χ0n) is 20.6. The van der Waals surface area contributed by atoms with Crippen LogP contribution in [0, 0.1) is 0 Å². The van der Waals surface area contributed by atoms with Crippen LogP contribution in [-0.2, 0) is 12.8 Å². The van der Waals surface area contributed by atoms with Crippen molar-refractivity contribution in [2.24, 2.45) is 0 Å². The number of carbonyl (C=O) groups excluding carboxylic acids is 1. The van der Waals surface area contributed by atoms with Crippen LogP contribution in [0.1, 0.15) is 28.0 Å². The van der Waals surface area contributed by atoms with E-state index < -0.39 is 5.54 Å². The van der Waals surface area contributed by atoms with Crippen LogP contribution in [0.4, 0.5) is 0 Å². The van der Waals surface area contributed by atoms with Crippen molar-refractivity contribution in [2.45, 2.75) is 24.8 Å². The maximum Gasteiger partial charge on any atom is 0.252 e. The van der Waals surface area contributed by atoms with Crippen LogP contribution in [-0.4, -0.2) is 40.2 Å². The van der Waals surface area contributed by atoms with Gasteiger partial charge in [-0.15, -0.1) is 0 Å². The summed E-state index contributed by atoms with van der Waals surface area (Å²) in [6.45, 7) is -0.221. The van der Waals surface area contributed by atoms with E-state index in [2.05, 4.69) is 10.3 Å². The molecule has 0 radical (unpaired) electrons. The van der Waals surface area contributed by atoms with Gasteiger partial charge in [-0.3, -0.25) is 4.79 Å². The van der Waals surface area contributed by atoms with Crippen molar-refractivity contribution in [1.82, 2.24) is 15.3 Å². The van der Waals surface area contributed by atoms with Gasteiger partial charge >= 0.3 is 0 Å². The second kappa shape index (κ2) is 9.62. The second-order valence-electron chi connectivity index (χ2n) is 9.74. The van der Waals surface area contributed by atoms with E-state index in [1.807, 2.05) is 54.6 Å². The minimum Gasteiger partial charge on any atom is -0.497 e. The fourth-order valence-corrected chi connectivity index (χ4v) is 5.84. The molecule has 0 bridgehead atoms. The lowest BCUT2D eigenvalue weighted by Crippen LogP contribution is -2.54. The number of aliphatic hydroxyl groups is 1. The Bertz CT molecular complexity index is 1700. The predicted octanol–water partition coefficient (Wildman–Crippen LogP) is 6.35. The van der Waals surface area contributed by atoms with E-state index in [9.17, 15) is 9.90 Å². The fourth-order valence-electron chi connectivity index (χ4n) is 5.40. The topological polar surface area (TPSA) is 87.2 Å². The molecule has 3 aromatic carbocycles. The molecule has 1 aliphatic carbocycles. The first-order chi connectivity index (χ1) is 18.4. The molecular formula is C30H25Cl2N3O3. The number of hydrogen-bond acceptors (Lipinski definition) is 4. The van der Waals surface area contributed by atoms with Crippen molar-refractivity contribution < 1.29 is 14.6 Å². The van der Waals surface area contributed by atoms with Gasteiger partial charge < -0.3 is 20.1 Å². The number of pyridine rings is 1. The van der Waals surface area contributed by atoms with Gasteiger partial charge in [0.05, 0.1) is 46.1 Å². The molecule has 5 aromatic rings. The first-order valence-corrected chi connectivity index (χ1v) is 13.1. The highest BCUT2D eigenvalue weighted by Crippen LogP contribution is 2.40. The minimum atomic E-state index is -0.869. The summed E-state index contributed by atoms with van der Waals surface area (Å²) in [5.41, 5.74) is 4.79. The monoisotopic (exact) mass is 545 g/mol. The predicted molar refractivity (Wildman–Crippen MR) is 151 cm³/mol. The van der Waals surface area contributed by atoms with Gasteiger partial charge in [0.25, 0.3) is 5.91 Å². The van der Waals surface area contributed by atoms with Gasteiger partial charge in [0.2, 0.25) is 0 Å². The van der Waals surface area contributed by atoms with Crippen LogP contribution < -0.4 is 10.1 Å². The molecule has 8 heteroatoms. The van der Waals surface area contributed by atoms with Crippen LogP contribution in [0.5, 0.6) is 5.75 Å². The fraction of sp³-hybridized carbons (Fsp3) is 0.200. The average Bonchev–Trinajstić information content (AvgIpc) is 3.32. The van der Waals surface area contributed by atoms with E-state index in [1.165, 1.54) is 0 Å². The highest BCUT2D eigenvalue weighted by molar-refractivity contribution is 6.45. The van der Waals surface area contributed by atoms with Crippen molar-refractivity contribution in [2.75, 3.05) is 13.7 Å². The Hall–Kier alpha value is -3.58. The number of aromatic nitrogens is 2. The summed E-state index contributed by atoms with van der Waals surface area (Å²) in [7, 11) is 1.59. The van der Waals surface area contributed by atoms with Gasteiger partial charge in [-0.2, -0.15) is 0 Å². The van der Waals surface area contributed by atoms with Crippen molar-refractivity contribution >= 4 is 50.9 Å². The van der Waals surface area contributed by atoms with E-state index in [1.54, 1.807) is 19.2 Å². The molecule has 1 amide bonds. The molecule has 38 heavy (non-hydrogen) atoms. The molecule has 0 fully saturated rings. The smallest absolute Gasteiger partial charge is 0.252 e. The summed E-state index contributed by atoms with van der Waals surface area (Å²) in [5, 5.41) is 16.3. The number of ether oxygens (including phenoxy) is 1. The number of nitrogens with zero attached hydrogens (tertiary/aromatic N) is 1. The number of aliphatic hydroxyl groups excluding tert-OH is 1. The SMILES string of the molecule is COc1ccc2nc(-c3ccccc3)cc(C(=O)NC3(CO)CCc4[nH]c5ccc(Cl)c(Cl)c5c4C3)c2c1. The molecule has 192 valence electrons. The van der Waals surface area contributed by atoms with E-state index in [0.717, 1.165) is 27.7 Å². The zero-order valence-corrected chi connectivity index (χ0v) is 22.2. The number of amides is 1. The lowest BCUT2D eigenvalue weighted by molar-refractivity contribution is 0.0810. The van der Waals surface area contributed by atoms with Gasteiger partial charge in [-0.05, 0) is 54.8 Å². The van der Waals surface area contributed by atoms with Gasteiger partial charge in [0.1, 0.15) is 5.75 Å². The Morgan fingerprint density at radius 1 is 1.13 bits per heavy atom. The lowest BCUT2D eigenvalue weighted by Gasteiger charge is -2.37. The summed E-state index contributed by atoms with van der Waals surface area (Å²) in [4.78, 5) is 22.2. The molecule has 0 saturated carbocycles. The first-order valence-electron chi connectivity index (χ1n) is 12.4. The van der Waals surface area contributed by atoms with Gasteiger partial charge in [-0.25, -0.2) is 4.98 Å². The number of rotatable bonds is 5. The second-order valence-corrected chi connectivity index (χ2v) is 10.5. The Morgan fingerprint density at radius 3 is 2.71 bits per heavy atom. The largest absolute Gasteiger partial charge is 0.497 e. The maximum absolute atomic E-state index is 14.0. The molecule has 6 nitrogen and oxygen atoms in total. The molecule has 0 aliphatic heterocycles. The molecule has 1 unspecified atom stereocenters. The summed E-state index contributed by atoms with van der Waals surface area (Å²) in [5.74, 6) is 0.342. The number of H-pyrrole nitrogens is 1. The maximum atomic E-state index is 14.0. The summed E-state index contributed by atoms with van der Waals surface area (Å²) < 4.78 is 5.43. The number of fused-ring (bicyclic) bond motifs is 4. The van der Waals surface area contributed by atoms with Crippen molar-refractivity contribution in [3.8, 4) is 17.0 Å². The molecule has 1 atom stereocenters. The zero-order chi connectivity index (χ0) is 26.4. The van der Waals surface area contributed by atoms with E-state index >= 15 is 0 Å². The molecule has 0 spiro atoms. The Morgan fingerprint density at radius 2 is 1.95 bits per heavy atom. The summed E-state index contributed by atoms with van der Waals surface area (Å²) in [6, 6.07) is 20.7. The van der Waals surface area contributed by atoms with Gasteiger partial charge in [0.15, 0.2) is 0 Å². The number of methoxy groups -OCH3 is 1. The van der Waals surface area contributed by atoms with Crippen LogP contribution in [0.3, 0.4) is 0 Å². The van der Waals surface area contributed by atoms with Crippen LogP contribution >= 0.6 is 23.2 Å². The number of benzene rings is 3. The van der Waals surface area contributed by atoms with E-state index in [4.69, 9.17) is 32.9 Å². The molecule has 2 heterocycles. The standard InChI is InChI=1S/C30H25Cl2N3O3/c1-38-18-7-9-23-19(13-18)20(14-26(34-23)17-5-3-2-4-6-17)29(37)35-30(16-36)12-11-24-21(15-30)27-25(33-24)10-8-22(31)28(27)32/h2-10,13-14,33,36H,11-12,15-16H2,1H3,(H,35,37). The molecule has 6 rings (SSSR count). The third-order valence-electron chi connectivity index (χ3n) is 7.43. The molecule has 3 N–H and O–H groups in total. The normalized spacial score (nSPS) is 16.9. The van der Waals surface area contributed by atoms with Gasteiger partial charge in [0, 0.05) is 34.0 Å². The Labute approximate surface area is 229 Å². The van der Waals surface area contributed by atoms with Crippen LogP contribution in [0.2, 0.25) is 10.0 Å².